The lowest BCUT2D eigenvalue weighted by molar-refractivity contribution is 0.369. The average molecular weight is 265 g/mol. The Morgan fingerprint density at radius 2 is 1.67 bits per heavy atom. The number of nitrogens with zero attached hydrogens (tertiary/aromatic N) is 1. The molecule has 1 unspecified atom stereocenters. The third-order valence-corrected chi connectivity index (χ3v) is 5.68. The lowest BCUT2D eigenvalue weighted by Crippen LogP contribution is -2.42. The molecule has 0 amide bonds. The van der Waals surface area contributed by atoms with Crippen molar-refractivity contribution in [2.45, 2.75) is 26.0 Å². The summed E-state index contributed by atoms with van der Waals surface area (Å²) in [5.74, 6) is 0. The molecule has 0 spiro atoms. The van der Waals surface area contributed by atoms with Gasteiger partial charge in [0, 0.05) is 13.1 Å². The van der Waals surface area contributed by atoms with Crippen LogP contribution in [-0.4, -0.2) is 31.7 Å². The summed E-state index contributed by atoms with van der Waals surface area (Å²) in [5, 5.41) is -0.382. The van der Waals surface area contributed by atoms with E-state index in [1.807, 2.05) is 30.3 Å². The van der Waals surface area contributed by atoms with Gasteiger partial charge in [0.2, 0.25) is 0 Å². The van der Waals surface area contributed by atoms with E-state index in [1.54, 1.807) is 6.92 Å². The highest BCUT2D eigenvalue weighted by molar-refractivity contribution is 8.03. The molecule has 1 aliphatic heterocycles. The molecule has 2 rings (SSSR count). The van der Waals surface area contributed by atoms with E-state index >= 15 is 0 Å². The van der Waals surface area contributed by atoms with Gasteiger partial charge >= 0.3 is 0 Å². The molecular weight excluding hydrogens is 246 g/mol. The van der Waals surface area contributed by atoms with Gasteiger partial charge < -0.3 is 4.90 Å². The molecule has 0 aliphatic carbocycles. The Labute approximate surface area is 109 Å². The molecule has 0 radical (unpaired) electrons. The van der Waals surface area contributed by atoms with Gasteiger partial charge in [-0.25, -0.2) is 8.42 Å². The lowest BCUT2D eigenvalue weighted by atomic mass is 10.1. The van der Waals surface area contributed by atoms with Crippen LogP contribution in [0.5, 0.6) is 0 Å². The first-order valence-electron chi connectivity index (χ1n) is 6.32. The summed E-state index contributed by atoms with van der Waals surface area (Å²) < 4.78 is 24.4. The van der Waals surface area contributed by atoms with Crippen LogP contribution in [0, 0.1) is 0 Å². The topological polar surface area (TPSA) is 37.4 Å². The maximum Gasteiger partial charge on any atom is 0.188 e. The van der Waals surface area contributed by atoms with Crippen molar-refractivity contribution in [2.75, 3.05) is 13.1 Å². The van der Waals surface area contributed by atoms with Gasteiger partial charge in [0.05, 0.1) is 10.6 Å². The molecule has 3 nitrogen and oxygen atoms in total. The van der Waals surface area contributed by atoms with Crippen LogP contribution in [0.2, 0.25) is 0 Å². The normalized spacial score (nSPS) is 21.6. The Morgan fingerprint density at radius 3 is 2.17 bits per heavy atom. The van der Waals surface area contributed by atoms with Gasteiger partial charge in [0.15, 0.2) is 9.84 Å². The van der Waals surface area contributed by atoms with Gasteiger partial charge in [-0.1, -0.05) is 30.3 Å². The molecule has 0 bridgehead atoms. The fraction of sp³-hybridized carbons (Fsp3) is 0.429. The Balaban J connectivity index is 2.58. The van der Waals surface area contributed by atoms with E-state index in [2.05, 4.69) is 18.7 Å². The highest BCUT2D eigenvalue weighted by Gasteiger charge is 2.45. The quantitative estimate of drug-likeness (QED) is 0.839. The molecule has 4 heteroatoms. The van der Waals surface area contributed by atoms with E-state index in [9.17, 15) is 8.42 Å². The van der Waals surface area contributed by atoms with E-state index in [-0.39, 0.29) is 5.25 Å². The second-order valence-electron chi connectivity index (χ2n) is 4.44. The summed E-state index contributed by atoms with van der Waals surface area (Å²) in [5.41, 5.74) is 1.77. The van der Waals surface area contributed by atoms with E-state index in [0.29, 0.717) is 4.91 Å². The second-order valence-corrected chi connectivity index (χ2v) is 6.65. The Kier molecular flexibility index (Phi) is 3.48. The predicted octanol–water partition coefficient (Wildman–Crippen LogP) is 2.51. The summed E-state index contributed by atoms with van der Waals surface area (Å²) in [6.07, 6.45) is 0. The Hall–Kier alpha value is -1.29. The number of hydrogen-bond donors (Lipinski definition) is 0. The van der Waals surface area contributed by atoms with Crippen LogP contribution in [0.3, 0.4) is 0 Å². The minimum Gasteiger partial charge on any atom is -0.373 e. The van der Waals surface area contributed by atoms with E-state index in [4.69, 9.17) is 0 Å². The van der Waals surface area contributed by atoms with Crippen LogP contribution in [0.1, 0.15) is 26.3 Å². The summed E-state index contributed by atoms with van der Waals surface area (Å²) in [6.45, 7) is 7.55. The SMILES string of the molecule is CCN(CC)C1=C(c2ccccc2)S(=O)(=O)C1C. The Bertz CT molecular complexity index is 557. The molecule has 0 saturated carbocycles. The zero-order valence-electron chi connectivity index (χ0n) is 11.1. The van der Waals surface area contributed by atoms with E-state index < -0.39 is 9.84 Å². The first-order valence-corrected chi connectivity index (χ1v) is 7.87. The van der Waals surface area contributed by atoms with Crippen molar-refractivity contribution >= 4 is 14.7 Å². The van der Waals surface area contributed by atoms with Crippen molar-refractivity contribution in [3.8, 4) is 0 Å². The smallest absolute Gasteiger partial charge is 0.188 e. The summed E-state index contributed by atoms with van der Waals surface area (Å²) in [7, 11) is -3.13. The zero-order valence-corrected chi connectivity index (χ0v) is 11.9. The van der Waals surface area contributed by atoms with Crippen LogP contribution in [0.25, 0.3) is 4.91 Å². The van der Waals surface area contributed by atoms with Crippen LogP contribution in [-0.2, 0) is 9.84 Å². The van der Waals surface area contributed by atoms with Gasteiger partial charge in [-0.15, -0.1) is 0 Å². The number of benzene rings is 1. The molecule has 1 aliphatic rings. The molecule has 1 aromatic rings. The Morgan fingerprint density at radius 1 is 1.11 bits per heavy atom. The molecule has 18 heavy (non-hydrogen) atoms. The predicted molar refractivity (Wildman–Crippen MR) is 74.7 cm³/mol. The third kappa shape index (κ3) is 1.85. The molecule has 1 atom stereocenters. The van der Waals surface area contributed by atoms with Crippen LogP contribution in [0.15, 0.2) is 36.0 Å². The highest BCUT2D eigenvalue weighted by Crippen LogP contribution is 2.42. The number of sulfone groups is 1. The van der Waals surface area contributed by atoms with E-state index in [0.717, 1.165) is 24.4 Å². The fourth-order valence-electron chi connectivity index (χ4n) is 2.46. The van der Waals surface area contributed by atoms with E-state index in [1.165, 1.54) is 0 Å². The van der Waals surface area contributed by atoms with Gasteiger partial charge in [0.25, 0.3) is 0 Å². The average Bonchev–Trinajstić information content (AvgIpc) is 2.39. The molecular formula is C14H19NO2S. The maximum absolute atomic E-state index is 12.2. The fourth-order valence-corrected chi connectivity index (χ4v) is 4.25. The second kappa shape index (κ2) is 4.76. The summed E-state index contributed by atoms with van der Waals surface area (Å²) in [6, 6.07) is 9.38. The van der Waals surface area contributed by atoms with Gasteiger partial charge in [-0.05, 0) is 26.3 Å². The summed E-state index contributed by atoms with van der Waals surface area (Å²) in [4.78, 5) is 2.65. The first-order chi connectivity index (χ1) is 8.54. The third-order valence-electron chi connectivity index (χ3n) is 3.51. The van der Waals surface area contributed by atoms with Crippen molar-refractivity contribution in [3.05, 3.63) is 41.6 Å². The molecule has 0 N–H and O–H groups in total. The molecule has 0 aromatic heterocycles. The molecule has 0 fully saturated rings. The van der Waals surface area contributed by atoms with Crippen LogP contribution in [0.4, 0.5) is 0 Å². The maximum atomic E-state index is 12.2. The number of hydrogen-bond acceptors (Lipinski definition) is 3. The molecule has 1 aromatic carbocycles. The monoisotopic (exact) mass is 265 g/mol. The lowest BCUT2D eigenvalue weighted by Gasteiger charge is -2.38. The van der Waals surface area contributed by atoms with Crippen LogP contribution >= 0.6 is 0 Å². The summed E-state index contributed by atoms with van der Waals surface area (Å²) >= 11 is 0. The van der Waals surface area contributed by atoms with Crippen molar-refractivity contribution in [2.24, 2.45) is 0 Å². The minimum atomic E-state index is -3.13. The highest BCUT2D eigenvalue weighted by atomic mass is 32.2. The van der Waals surface area contributed by atoms with Gasteiger partial charge in [-0.3, -0.25) is 0 Å². The standard InChI is InChI=1S/C14H19NO2S/c1-4-15(5-2)13-11(3)18(16,17)14(13)12-9-7-6-8-10-12/h6-11H,4-5H2,1-3H3. The number of rotatable bonds is 4. The molecule has 98 valence electrons. The van der Waals surface area contributed by atoms with Crippen molar-refractivity contribution in [1.82, 2.24) is 4.90 Å². The molecule has 1 heterocycles. The first kappa shape index (κ1) is 13.1. The largest absolute Gasteiger partial charge is 0.373 e. The van der Waals surface area contributed by atoms with Crippen molar-refractivity contribution in [3.63, 3.8) is 0 Å². The van der Waals surface area contributed by atoms with Gasteiger partial charge in [-0.2, -0.15) is 0 Å². The van der Waals surface area contributed by atoms with Crippen molar-refractivity contribution in [1.29, 1.82) is 0 Å². The van der Waals surface area contributed by atoms with Crippen molar-refractivity contribution < 1.29 is 8.42 Å². The molecule has 0 saturated heterocycles. The van der Waals surface area contributed by atoms with Crippen LogP contribution < -0.4 is 0 Å². The minimum absolute atomic E-state index is 0.382. The zero-order chi connectivity index (χ0) is 13.3. The van der Waals surface area contributed by atoms with Gasteiger partial charge in [0.1, 0.15) is 5.25 Å².